The third-order valence-electron chi connectivity index (χ3n) is 4.11. The van der Waals surface area contributed by atoms with Crippen molar-refractivity contribution in [3.8, 4) is 0 Å². The molecule has 21 heavy (non-hydrogen) atoms. The van der Waals surface area contributed by atoms with Gasteiger partial charge >= 0.3 is 5.97 Å². The molecule has 0 radical (unpaired) electrons. The molecular weight excluding hydrogens is 282 g/mol. The maximum absolute atomic E-state index is 12.1. The van der Waals surface area contributed by atoms with E-state index in [4.69, 9.17) is 10.5 Å². The Bertz CT molecular complexity index is 663. The van der Waals surface area contributed by atoms with Crippen LogP contribution in [0, 0.1) is 0 Å². The van der Waals surface area contributed by atoms with Gasteiger partial charge < -0.3 is 10.5 Å². The second-order valence-electron chi connectivity index (χ2n) is 5.36. The number of fused-ring (bicyclic) bond motifs is 1. The van der Waals surface area contributed by atoms with E-state index in [1.807, 2.05) is 12.3 Å². The summed E-state index contributed by atoms with van der Waals surface area (Å²) in [6.45, 7) is 2.19. The average Bonchev–Trinajstić information content (AvgIpc) is 2.89. The number of esters is 1. The van der Waals surface area contributed by atoms with Crippen LogP contribution in [0.5, 0.6) is 0 Å². The first-order valence-corrected chi connectivity index (χ1v) is 8.19. The Balaban J connectivity index is 1.91. The van der Waals surface area contributed by atoms with Crippen molar-refractivity contribution in [2.45, 2.75) is 32.1 Å². The molecule has 1 aromatic carbocycles. The summed E-state index contributed by atoms with van der Waals surface area (Å²) in [7, 11) is 0. The van der Waals surface area contributed by atoms with E-state index in [9.17, 15) is 4.79 Å². The van der Waals surface area contributed by atoms with Crippen LogP contribution in [0.3, 0.4) is 0 Å². The zero-order chi connectivity index (χ0) is 14.8. The van der Waals surface area contributed by atoms with E-state index in [1.54, 1.807) is 0 Å². The number of carbonyl (C=O) groups is 1. The standard InChI is InChI=1S/C17H19NO2S/c1-2-20-17(19)15-14(10-21-16(15)18)13-8-7-11-5-3-4-6-12(11)9-13/h3-6,10,13H,2,7-9,18H2,1H3. The molecule has 4 heteroatoms. The van der Waals surface area contributed by atoms with Crippen molar-refractivity contribution in [1.29, 1.82) is 0 Å². The molecule has 0 bridgehead atoms. The Kier molecular flexibility index (Phi) is 3.97. The zero-order valence-electron chi connectivity index (χ0n) is 12.1. The molecule has 0 aliphatic heterocycles. The van der Waals surface area contributed by atoms with Crippen LogP contribution in [0.15, 0.2) is 29.6 Å². The molecule has 1 atom stereocenters. The number of ether oxygens (including phenoxy) is 1. The predicted molar refractivity (Wildman–Crippen MR) is 85.9 cm³/mol. The Morgan fingerprint density at radius 3 is 2.90 bits per heavy atom. The van der Waals surface area contributed by atoms with E-state index in [-0.39, 0.29) is 5.97 Å². The predicted octanol–water partition coefficient (Wildman–Crippen LogP) is 3.78. The van der Waals surface area contributed by atoms with Gasteiger partial charge in [-0.25, -0.2) is 4.79 Å². The molecule has 1 aliphatic rings. The molecule has 2 N–H and O–H groups in total. The smallest absolute Gasteiger partial charge is 0.341 e. The molecule has 1 unspecified atom stereocenters. The summed E-state index contributed by atoms with van der Waals surface area (Å²) in [5, 5.41) is 2.60. The topological polar surface area (TPSA) is 52.3 Å². The number of anilines is 1. The highest BCUT2D eigenvalue weighted by Gasteiger charge is 2.27. The number of rotatable bonds is 3. The Morgan fingerprint density at radius 2 is 2.14 bits per heavy atom. The minimum absolute atomic E-state index is 0.287. The third-order valence-corrected chi connectivity index (χ3v) is 4.94. The van der Waals surface area contributed by atoms with Gasteiger partial charge in [0.25, 0.3) is 0 Å². The molecule has 1 aliphatic carbocycles. The molecule has 0 fully saturated rings. The minimum Gasteiger partial charge on any atom is -0.462 e. The number of nitrogen functional groups attached to an aromatic ring is 1. The van der Waals surface area contributed by atoms with Crippen molar-refractivity contribution >= 4 is 22.3 Å². The van der Waals surface area contributed by atoms with Gasteiger partial charge in [-0.2, -0.15) is 0 Å². The molecule has 2 aromatic rings. The van der Waals surface area contributed by atoms with E-state index in [0.29, 0.717) is 23.1 Å². The molecular formula is C17H19NO2S. The molecule has 0 saturated heterocycles. The normalized spacial score (nSPS) is 17.3. The highest BCUT2D eigenvalue weighted by Crippen LogP contribution is 2.38. The molecule has 3 nitrogen and oxygen atoms in total. The van der Waals surface area contributed by atoms with E-state index in [1.165, 1.54) is 22.5 Å². The number of benzene rings is 1. The molecule has 110 valence electrons. The number of thiophene rings is 1. The molecule has 0 amide bonds. The summed E-state index contributed by atoms with van der Waals surface area (Å²) in [6.07, 6.45) is 3.08. The fourth-order valence-corrected chi connectivity index (χ4v) is 3.96. The summed E-state index contributed by atoms with van der Waals surface area (Å²) in [5.74, 6) is 0.0676. The van der Waals surface area contributed by atoms with Crippen LogP contribution in [0.25, 0.3) is 0 Å². The first kappa shape index (κ1) is 14.1. The first-order valence-electron chi connectivity index (χ1n) is 7.31. The van der Waals surface area contributed by atoms with Gasteiger partial charge in [0.2, 0.25) is 0 Å². The van der Waals surface area contributed by atoms with Crippen molar-refractivity contribution < 1.29 is 9.53 Å². The lowest BCUT2D eigenvalue weighted by Crippen LogP contribution is -2.16. The summed E-state index contributed by atoms with van der Waals surface area (Å²) in [4.78, 5) is 12.1. The van der Waals surface area contributed by atoms with Crippen LogP contribution in [0.1, 0.15) is 46.3 Å². The van der Waals surface area contributed by atoms with Crippen molar-refractivity contribution in [3.63, 3.8) is 0 Å². The quantitative estimate of drug-likeness (QED) is 0.878. The number of nitrogens with two attached hydrogens (primary N) is 1. The molecule has 0 saturated carbocycles. The Labute approximate surface area is 128 Å². The lowest BCUT2D eigenvalue weighted by molar-refractivity contribution is 0.0526. The third kappa shape index (κ3) is 2.68. The van der Waals surface area contributed by atoms with Crippen LogP contribution in [0.2, 0.25) is 0 Å². The Morgan fingerprint density at radius 1 is 1.38 bits per heavy atom. The summed E-state index contributed by atoms with van der Waals surface area (Å²) >= 11 is 1.44. The van der Waals surface area contributed by atoms with Crippen LogP contribution in [-0.2, 0) is 17.6 Å². The van der Waals surface area contributed by atoms with Crippen LogP contribution < -0.4 is 5.73 Å². The number of hydrogen-bond donors (Lipinski definition) is 1. The lowest BCUT2D eigenvalue weighted by atomic mass is 9.80. The second kappa shape index (κ2) is 5.90. The van der Waals surface area contributed by atoms with Gasteiger partial charge in [0.15, 0.2) is 0 Å². The van der Waals surface area contributed by atoms with E-state index in [0.717, 1.165) is 24.8 Å². The number of aryl methyl sites for hydroxylation is 1. The van der Waals surface area contributed by atoms with Crippen LogP contribution >= 0.6 is 11.3 Å². The van der Waals surface area contributed by atoms with Gasteiger partial charge in [0.05, 0.1) is 12.2 Å². The monoisotopic (exact) mass is 301 g/mol. The Hall–Kier alpha value is -1.81. The molecule has 0 spiro atoms. The summed E-state index contributed by atoms with van der Waals surface area (Å²) in [5.41, 5.74) is 10.4. The minimum atomic E-state index is -0.287. The van der Waals surface area contributed by atoms with Gasteiger partial charge in [-0.1, -0.05) is 24.3 Å². The highest BCUT2D eigenvalue weighted by atomic mass is 32.1. The van der Waals surface area contributed by atoms with Gasteiger partial charge in [-0.15, -0.1) is 11.3 Å². The average molecular weight is 301 g/mol. The zero-order valence-corrected chi connectivity index (χ0v) is 12.9. The van der Waals surface area contributed by atoms with Crippen LogP contribution in [-0.4, -0.2) is 12.6 Å². The number of carbonyl (C=O) groups excluding carboxylic acids is 1. The van der Waals surface area contributed by atoms with Crippen LogP contribution in [0.4, 0.5) is 5.00 Å². The SMILES string of the molecule is CCOC(=O)c1c(C2CCc3ccccc3C2)csc1N. The largest absolute Gasteiger partial charge is 0.462 e. The van der Waals surface area contributed by atoms with E-state index >= 15 is 0 Å². The van der Waals surface area contributed by atoms with E-state index in [2.05, 4.69) is 24.3 Å². The summed E-state index contributed by atoms with van der Waals surface area (Å²) < 4.78 is 5.16. The number of hydrogen-bond acceptors (Lipinski definition) is 4. The highest BCUT2D eigenvalue weighted by molar-refractivity contribution is 7.14. The lowest BCUT2D eigenvalue weighted by Gasteiger charge is -2.25. The fraction of sp³-hybridized carbons (Fsp3) is 0.353. The fourth-order valence-electron chi connectivity index (χ4n) is 3.07. The maximum Gasteiger partial charge on any atom is 0.341 e. The molecule has 3 rings (SSSR count). The van der Waals surface area contributed by atoms with Gasteiger partial charge in [-0.3, -0.25) is 0 Å². The second-order valence-corrected chi connectivity index (χ2v) is 6.27. The van der Waals surface area contributed by atoms with Crippen molar-refractivity contribution in [1.82, 2.24) is 0 Å². The van der Waals surface area contributed by atoms with Gasteiger partial charge in [0.1, 0.15) is 5.00 Å². The summed E-state index contributed by atoms with van der Waals surface area (Å²) in [6, 6.07) is 8.54. The maximum atomic E-state index is 12.1. The molecule has 1 heterocycles. The van der Waals surface area contributed by atoms with Crippen molar-refractivity contribution in [3.05, 3.63) is 51.9 Å². The van der Waals surface area contributed by atoms with Gasteiger partial charge in [0, 0.05) is 0 Å². The first-order chi connectivity index (χ1) is 10.2. The van der Waals surface area contributed by atoms with Crippen molar-refractivity contribution in [2.75, 3.05) is 12.3 Å². The van der Waals surface area contributed by atoms with Crippen molar-refractivity contribution in [2.24, 2.45) is 0 Å². The molecule has 1 aromatic heterocycles. The van der Waals surface area contributed by atoms with Gasteiger partial charge in [-0.05, 0) is 54.2 Å². The van der Waals surface area contributed by atoms with E-state index < -0.39 is 0 Å².